The Kier molecular flexibility index (Phi) is 4.01. The molecule has 0 spiro atoms. The van der Waals surface area contributed by atoms with Crippen molar-refractivity contribution in [2.24, 2.45) is 0 Å². The van der Waals surface area contributed by atoms with Crippen LogP contribution in [0.1, 0.15) is 5.82 Å². The van der Waals surface area contributed by atoms with E-state index in [0.717, 1.165) is 0 Å². The number of anilines is 1. The zero-order chi connectivity index (χ0) is 12.0. The van der Waals surface area contributed by atoms with Crippen LogP contribution < -0.4 is 5.32 Å². The lowest BCUT2D eigenvalue weighted by Gasteiger charge is -1.99. The Labute approximate surface area is 90.3 Å². The molecule has 1 aromatic heterocycles. The topological polar surface area (TPSA) is 117 Å². The highest BCUT2D eigenvalue weighted by molar-refractivity contribution is 5.82. The predicted molar refractivity (Wildman–Crippen MR) is 52.9 cm³/mol. The molecule has 0 saturated heterocycles. The third-order valence-electron chi connectivity index (χ3n) is 1.40. The lowest BCUT2D eigenvalue weighted by Crippen LogP contribution is -2.14. The molecule has 0 aliphatic rings. The van der Waals surface area contributed by atoms with Crippen molar-refractivity contribution in [2.75, 3.05) is 11.9 Å². The molecule has 86 valence electrons. The van der Waals surface area contributed by atoms with Gasteiger partial charge in [0.25, 0.3) is 5.95 Å². The first kappa shape index (κ1) is 11.7. The van der Waals surface area contributed by atoms with E-state index in [-0.39, 0.29) is 24.8 Å². The summed E-state index contributed by atoms with van der Waals surface area (Å²) in [5, 5.41) is 16.6. The molecular weight excluding hydrogens is 216 g/mol. The molecule has 0 bridgehead atoms. The number of ether oxygens (including phenoxy) is 1. The number of hydrogen-bond donors (Lipinski definition) is 3. The van der Waals surface area contributed by atoms with Crippen molar-refractivity contribution >= 4 is 18.0 Å². The maximum atomic E-state index is 11.0. The SMILES string of the molecule is C=CCOC(=O)Nc1n[nH]c(CC(=O)O)n1. The number of H-pyrrole nitrogens is 1. The number of nitrogens with zero attached hydrogens (tertiary/aromatic N) is 2. The molecule has 1 amide bonds. The molecule has 8 heteroatoms. The highest BCUT2D eigenvalue weighted by atomic mass is 16.5. The second-order valence-corrected chi connectivity index (χ2v) is 2.69. The molecule has 1 aromatic rings. The monoisotopic (exact) mass is 226 g/mol. The van der Waals surface area contributed by atoms with E-state index < -0.39 is 12.1 Å². The van der Waals surface area contributed by atoms with Crippen molar-refractivity contribution in [3.63, 3.8) is 0 Å². The molecule has 16 heavy (non-hydrogen) atoms. The first-order chi connectivity index (χ1) is 7.61. The summed E-state index contributed by atoms with van der Waals surface area (Å²) in [7, 11) is 0. The molecule has 0 aromatic carbocycles. The van der Waals surface area contributed by atoms with Gasteiger partial charge in [-0.3, -0.25) is 15.2 Å². The van der Waals surface area contributed by atoms with Crippen LogP contribution in [0, 0.1) is 0 Å². The van der Waals surface area contributed by atoms with Gasteiger partial charge >= 0.3 is 12.1 Å². The van der Waals surface area contributed by atoms with Gasteiger partial charge in [0.1, 0.15) is 18.9 Å². The Morgan fingerprint density at radius 2 is 2.38 bits per heavy atom. The summed E-state index contributed by atoms with van der Waals surface area (Å²) in [6, 6.07) is 0. The number of aliphatic carboxylic acids is 1. The summed E-state index contributed by atoms with van der Waals surface area (Å²) >= 11 is 0. The fourth-order valence-corrected chi connectivity index (χ4v) is 0.836. The van der Waals surface area contributed by atoms with Crippen LogP contribution in [0.15, 0.2) is 12.7 Å². The van der Waals surface area contributed by atoms with E-state index in [2.05, 4.69) is 31.8 Å². The molecule has 0 atom stereocenters. The third-order valence-corrected chi connectivity index (χ3v) is 1.40. The fraction of sp³-hybridized carbons (Fsp3) is 0.250. The van der Waals surface area contributed by atoms with Crippen molar-refractivity contribution in [1.29, 1.82) is 0 Å². The largest absolute Gasteiger partial charge is 0.481 e. The number of carboxylic acids is 1. The fourth-order valence-electron chi connectivity index (χ4n) is 0.836. The maximum Gasteiger partial charge on any atom is 0.414 e. The summed E-state index contributed by atoms with van der Waals surface area (Å²) in [5.41, 5.74) is 0. The van der Waals surface area contributed by atoms with Crippen molar-refractivity contribution in [2.45, 2.75) is 6.42 Å². The Bertz CT molecular complexity index is 400. The molecule has 0 aliphatic carbocycles. The minimum atomic E-state index is -1.04. The molecule has 0 unspecified atom stereocenters. The first-order valence-electron chi connectivity index (χ1n) is 4.29. The number of hydrogen-bond acceptors (Lipinski definition) is 5. The highest BCUT2D eigenvalue weighted by Gasteiger charge is 2.09. The number of aromatic amines is 1. The average molecular weight is 226 g/mol. The van der Waals surface area contributed by atoms with Crippen LogP contribution in [-0.2, 0) is 16.0 Å². The number of rotatable bonds is 5. The summed E-state index contributed by atoms with van der Waals surface area (Å²) in [6.45, 7) is 3.44. The van der Waals surface area contributed by atoms with Gasteiger partial charge in [0.05, 0.1) is 0 Å². The Hall–Kier alpha value is -2.38. The molecule has 3 N–H and O–H groups in total. The standard InChI is InChI=1S/C8H10N4O4/c1-2-3-16-8(15)10-7-9-5(11-12-7)4-6(13)14/h2H,1,3-4H2,(H,13,14)(H2,9,10,11,12,15). The number of aromatic nitrogens is 3. The van der Waals surface area contributed by atoms with Crippen LogP contribution >= 0.6 is 0 Å². The van der Waals surface area contributed by atoms with Gasteiger partial charge in [0.15, 0.2) is 0 Å². The van der Waals surface area contributed by atoms with Gasteiger partial charge in [-0.05, 0) is 0 Å². The Morgan fingerprint density at radius 1 is 1.62 bits per heavy atom. The van der Waals surface area contributed by atoms with Crippen molar-refractivity contribution < 1.29 is 19.4 Å². The van der Waals surface area contributed by atoms with E-state index in [1.165, 1.54) is 6.08 Å². The lowest BCUT2D eigenvalue weighted by atomic mass is 10.4. The maximum absolute atomic E-state index is 11.0. The third kappa shape index (κ3) is 3.78. The molecule has 0 saturated carbocycles. The second kappa shape index (κ2) is 5.49. The molecule has 0 radical (unpaired) electrons. The molecule has 0 fully saturated rings. The number of nitrogens with one attached hydrogen (secondary N) is 2. The van der Waals surface area contributed by atoms with Gasteiger partial charge in [-0.2, -0.15) is 4.98 Å². The summed E-state index contributed by atoms with van der Waals surface area (Å²) in [6.07, 6.45) is 0.379. The number of carboxylic acid groups (broad SMARTS) is 1. The number of carbonyl (C=O) groups excluding carboxylic acids is 1. The summed E-state index contributed by atoms with van der Waals surface area (Å²) in [5.74, 6) is -0.936. The van der Waals surface area contributed by atoms with Gasteiger partial charge in [-0.1, -0.05) is 12.7 Å². The van der Waals surface area contributed by atoms with E-state index in [0.29, 0.717) is 0 Å². The van der Waals surface area contributed by atoms with E-state index in [9.17, 15) is 9.59 Å². The van der Waals surface area contributed by atoms with Gasteiger partial charge in [0.2, 0.25) is 0 Å². The smallest absolute Gasteiger partial charge is 0.414 e. The second-order valence-electron chi connectivity index (χ2n) is 2.69. The van der Waals surface area contributed by atoms with Gasteiger partial charge < -0.3 is 9.84 Å². The average Bonchev–Trinajstić information content (AvgIpc) is 2.61. The van der Waals surface area contributed by atoms with Crippen molar-refractivity contribution in [3.05, 3.63) is 18.5 Å². The summed E-state index contributed by atoms with van der Waals surface area (Å²) in [4.78, 5) is 25.1. The number of carbonyl (C=O) groups is 2. The van der Waals surface area contributed by atoms with Crippen LogP contribution in [0.5, 0.6) is 0 Å². The summed E-state index contributed by atoms with van der Waals surface area (Å²) < 4.78 is 4.61. The van der Waals surface area contributed by atoms with Crippen LogP contribution in [-0.4, -0.2) is 39.0 Å². The van der Waals surface area contributed by atoms with E-state index in [4.69, 9.17) is 5.11 Å². The normalized spacial score (nSPS) is 9.50. The van der Waals surface area contributed by atoms with E-state index in [1.54, 1.807) is 0 Å². The molecule has 1 rings (SSSR count). The highest BCUT2D eigenvalue weighted by Crippen LogP contribution is 2.00. The van der Waals surface area contributed by atoms with E-state index >= 15 is 0 Å². The van der Waals surface area contributed by atoms with Crippen molar-refractivity contribution in [1.82, 2.24) is 15.2 Å². The van der Waals surface area contributed by atoms with Crippen LogP contribution in [0.4, 0.5) is 10.7 Å². The van der Waals surface area contributed by atoms with Crippen LogP contribution in [0.25, 0.3) is 0 Å². The molecule has 8 nitrogen and oxygen atoms in total. The van der Waals surface area contributed by atoms with Crippen LogP contribution in [0.2, 0.25) is 0 Å². The van der Waals surface area contributed by atoms with Crippen LogP contribution in [0.3, 0.4) is 0 Å². The zero-order valence-electron chi connectivity index (χ0n) is 8.27. The van der Waals surface area contributed by atoms with Crippen molar-refractivity contribution in [3.8, 4) is 0 Å². The Balaban J connectivity index is 2.48. The van der Waals surface area contributed by atoms with E-state index in [1.807, 2.05) is 0 Å². The minimum absolute atomic E-state index is 0.0367. The van der Waals surface area contributed by atoms with Gasteiger partial charge in [-0.25, -0.2) is 4.79 Å². The molecular formula is C8H10N4O4. The lowest BCUT2D eigenvalue weighted by molar-refractivity contribution is -0.136. The quantitative estimate of drug-likeness (QED) is 0.616. The number of amides is 1. The molecule has 1 heterocycles. The Morgan fingerprint density at radius 3 is 3.00 bits per heavy atom. The minimum Gasteiger partial charge on any atom is -0.481 e. The zero-order valence-corrected chi connectivity index (χ0v) is 8.27. The van der Waals surface area contributed by atoms with Gasteiger partial charge in [0, 0.05) is 0 Å². The first-order valence-corrected chi connectivity index (χ1v) is 4.29. The predicted octanol–water partition coefficient (Wildman–Crippen LogP) is 0.166. The molecule has 0 aliphatic heterocycles. The van der Waals surface area contributed by atoms with Gasteiger partial charge in [-0.15, -0.1) is 5.10 Å².